The summed E-state index contributed by atoms with van der Waals surface area (Å²) in [6, 6.07) is 0. The van der Waals surface area contributed by atoms with Crippen molar-refractivity contribution in [3.05, 3.63) is 0 Å². The Morgan fingerprint density at radius 3 is 2.31 bits per heavy atom. The number of hydrogen-bond acceptors (Lipinski definition) is 2. The Bertz CT molecular complexity index is 132. The van der Waals surface area contributed by atoms with E-state index < -0.39 is 0 Å². The molecule has 0 aliphatic heterocycles. The Hall–Kier alpha value is -0.0800. The van der Waals surface area contributed by atoms with Gasteiger partial charge >= 0.3 is 0 Å². The van der Waals surface area contributed by atoms with Crippen LogP contribution in [0.4, 0.5) is 0 Å². The molecule has 2 heteroatoms. The predicted molar refractivity (Wildman–Crippen MR) is 55.8 cm³/mol. The van der Waals surface area contributed by atoms with Crippen molar-refractivity contribution in [1.29, 1.82) is 0 Å². The lowest BCUT2D eigenvalue weighted by molar-refractivity contribution is -0.0181. The molecule has 0 bridgehead atoms. The predicted octanol–water partition coefficient (Wildman–Crippen LogP) is 2.60. The molecule has 1 N–H and O–H groups in total. The van der Waals surface area contributed by atoms with Gasteiger partial charge in [-0.25, -0.2) is 0 Å². The van der Waals surface area contributed by atoms with Crippen LogP contribution < -0.4 is 0 Å². The smallest absolute Gasteiger partial charge is 0.0626 e. The van der Waals surface area contributed by atoms with E-state index in [9.17, 15) is 5.11 Å². The number of ether oxygens (including phenoxy) is 1. The van der Waals surface area contributed by atoms with E-state index in [2.05, 4.69) is 27.7 Å². The minimum Gasteiger partial charge on any atom is -0.393 e. The first-order chi connectivity index (χ1) is 5.93. The molecular formula is C11H24O2. The summed E-state index contributed by atoms with van der Waals surface area (Å²) >= 11 is 0. The molecule has 0 aromatic rings. The van der Waals surface area contributed by atoms with E-state index >= 15 is 0 Å². The van der Waals surface area contributed by atoms with Crippen LogP contribution in [0.25, 0.3) is 0 Å². The summed E-state index contributed by atoms with van der Waals surface area (Å²) in [6.45, 7) is 8.29. The number of rotatable bonds is 6. The molecule has 0 saturated heterocycles. The number of aliphatic hydroxyl groups excluding tert-OH is 1. The van der Waals surface area contributed by atoms with E-state index in [-0.39, 0.29) is 11.7 Å². The van der Waals surface area contributed by atoms with Gasteiger partial charge in [-0.15, -0.1) is 0 Å². The van der Waals surface area contributed by atoms with Crippen LogP contribution in [-0.4, -0.2) is 23.9 Å². The molecule has 0 aromatic heterocycles. The van der Waals surface area contributed by atoms with E-state index in [0.717, 1.165) is 19.3 Å². The van der Waals surface area contributed by atoms with Crippen molar-refractivity contribution in [3.63, 3.8) is 0 Å². The summed E-state index contributed by atoms with van der Waals surface area (Å²) in [7, 11) is 1.72. The third-order valence-corrected chi connectivity index (χ3v) is 2.61. The van der Waals surface area contributed by atoms with Gasteiger partial charge in [0.1, 0.15) is 0 Å². The third-order valence-electron chi connectivity index (χ3n) is 2.61. The van der Waals surface area contributed by atoms with Crippen molar-refractivity contribution in [2.75, 3.05) is 7.11 Å². The van der Waals surface area contributed by atoms with E-state index in [1.807, 2.05) is 0 Å². The Labute approximate surface area is 82.3 Å². The molecule has 13 heavy (non-hydrogen) atoms. The fraction of sp³-hybridized carbons (Fsp3) is 1.00. The lowest BCUT2D eigenvalue weighted by Crippen LogP contribution is -2.30. The quantitative estimate of drug-likeness (QED) is 0.694. The zero-order chi connectivity index (χ0) is 10.5. The molecule has 2 unspecified atom stereocenters. The first kappa shape index (κ1) is 12.9. The Morgan fingerprint density at radius 1 is 1.38 bits per heavy atom. The summed E-state index contributed by atoms with van der Waals surface area (Å²) in [5, 5.41) is 9.72. The van der Waals surface area contributed by atoms with Crippen molar-refractivity contribution in [1.82, 2.24) is 0 Å². The van der Waals surface area contributed by atoms with E-state index in [4.69, 9.17) is 4.74 Å². The highest BCUT2D eigenvalue weighted by atomic mass is 16.5. The molecule has 0 saturated carbocycles. The second-order valence-electron chi connectivity index (χ2n) is 4.50. The van der Waals surface area contributed by atoms with Gasteiger partial charge in [-0.3, -0.25) is 0 Å². The molecule has 80 valence electrons. The van der Waals surface area contributed by atoms with E-state index in [1.165, 1.54) is 0 Å². The summed E-state index contributed by atoms with van der Waals surface area (Å²) in [5.41, 5.74) is -0.117. The van der Waals surface area contributed by atoms with Gasteiger partial charge in [0.05, 0.1) is 11.7 Å². The first-order valence-electron chi connectivity index (χ1n) is 5.16. The van der Waals surface area contributed by atoms with Crippen LogP contribution >= 0.6 is 0 Å². The van der Waals surface area contributed by atoms with Crippen LogP contribution in [0.3, 0.4) is 0 Å². The lowest BCUT2D eigenvalue weighted by atomic mass is 9.89. The molecule has 0 amide bonds. The highest BCUT2D eigenvalue weighted by molar-refractivity contribution is 4.75. The second kappa shape index (κ2) is 5.61. The normalized spacial score (nSPS) is 17.1. The fourth-order valence-electron chi connectivity index (χ4n) is 1.58. The Kier molecular flexibility index (Phi) is 5.57. The van der Waals surface area contributed by atoms with E-state index in [1.54, 1.807) is 7.11 Å². The van der Waals surface area contributed by atoms with Crippen molar-refractivity contribution in [2.45, 2.75) is 58.7 Å². The second-order valence-corrected chi connectivity index (χ2v) is 4.50. The maximum atomic E-state index is 9.72. The minimum atomic E-state index is -0.181. The molecular weight excluding hydrogens is 164 g/mol. The zero-order valence-electron chi connectivity index (χ0n) is 9.63. The molecule has 0 aliphatic carbocycles. The largest absolute Gasteiger partial charge is 0.393 e. The minimum absolute atomic E-state index is 0.117. The van der Waals surface area contributed by atoms with Crippen molar-refractivity contribution >= 4 is 0 Å². The Morgan fingerprint density at radius 2 is 1.92 bits per heavy atom. The van der Waals surface area contributed by atoms with Crippen molar-refractivity contribution < 1.29 is 9.84 Å². The van der Waals surface area contributed by atoms with Crippen LogP contribution in [0.1, 0.15) is 47.0 Å². The number of aliphatic hydroxyl groups is 1. The molecule has 0 aliphatic rings. The van der Waals surface area contributed by atoms with Gasteiger partial charge in [0, 0.05) is 7.11 Å². The number of hydrogen-bond donors (Lipinski definition) is 1. The van der Waals surface area contributed by atoms with Crippen molar-refractivity contribution in [2.24, 2.45) is 5.92 Å². The molecule has 2 atom stereocenters. The first-order valence-corrected chi connectivity index (χ1v) is 5.16. The summed E-state index contributed by atoms with van der Waals surface area (Å²) in [4.78, 5) is 0. The zero-order valence-corrected chi connectivity index (χ0v) is 9.63. The molecule has 0 rings (SSSR count). The molecule has 0 spiro atoms. The molecule has 2 nitrogen and oxygen atoms in total. The van der Waals surface area contributed by atoms with E-state index in [0.29, 0.717) is 5.92 Å². The maximum absolute atomic E-state index is 9.72. The van der Waals surface area contributed by atoms with Gasteiger partial charge in [0.25, 0.3) is 0 Å². The average Bonchev–Trinajstić information content (AvgIpc) is 2.04. The van der Waals surface area contributed by atoms with Crippen LogP contribution in [0, 0.1) is 5.92 Å². The number of methoxy groups -OCH3 is 1. The standard InChI is InChI=1S/C11H24O2/c1-6-7-10(12)9(2)8-11(3,4)13-5/h9-10,12H,6-8H2,1-5H3. The van der Waals surface area contributed by atoms with Gasteiger partial charge in [0.15, 0.2) is 0 Å². The van der Waals surface area contributed by atoms with Crippen LogP contribution in [-0.2, 0) is 4.74 Å². The summed E-state index contributed by atoms with van der Waals surface area (Å²) in [6.07, 6.45) is 2.66. The van der Waals surface area contributed by atoms with Crippen molar-refractivity contribution in [3.8, 4) is 0 Å². The monoisotopic (exact) mass is 188 g/mol. The van der Waals surface area contributed by atoms with Gasteiger partial charge in [0.2, 0.25) is 0 Å². The highest BCUT2D eigenvalue weighted by Gasteiger charge is 2.23. The third kappa shape index (κ3) is 5.27. The fourth-order valence-corrected chi connectivity index (χ4v) is 1.58. The maximum Gasteiger partial charge on any atom is 0.0626 e. The van der Waals surface area contributed by atoms with Crippen LogP contribution in [0.2, 0.25) is 0 Å². The summed E-state index contributed by atoms with van der Waals surface area (Å²) in [5.74, 6) is 0.315. The topological polar surface area (TPSA) is 29.5 Å². The van der Waals surface area contributed by atoms with Gasteiger partial charge in [-0.05, 0) is 32.6 Å². The van der Waals surface area contributed by atoms with Gasteiger partial charge in [-0.1, -0.05) is 20.3 Å². The van der Waals surface area contributed by atoms with Gasteiger partial charge in [-0.2, -0.15) is 0 Å². The lowest BCUT2D eigenvalue weighted by Gasteiger charge is -2.29. The summed E-state index contributed by atoms with van der Waals surface area (Å²) < 4.78 is 5.33. The SMILES string of the molecule is CCCC(O)C(C)CC(C)(C)OC. The van der Waals surface area contributed by atoms with Gasteiger partial charge < -0.3 is 9.84 Å². The van der Waals surface area contributed by atoms with Crippen LogP contribution in [0.15, 0.2) is 0 Å². The molecule has 0 radical (unpaired) electrons. The Balaban J connectivity index is 3.91. The van der Waals surface area contributed by atoms with Crippen LogP contribution in [0.5, 0.6) is 0 Å². The average molecular weight is 188 g/mol. The molecule has 0 aromatic carbocycles. The molecule has 0 fully saturated rings. The molecule has 0 heterocycles. The highest BCUT2D eigenvalue weighted by Crippen LogP contribution is 2.23.